The molecule has 0 saturated carbocycles. The van der Waals surface area contributed by atoms with Crippen LogP contribution in [0.5, 0.6) is 11.5 Å². The van der Waals surface area contributed by atoms with Gasteiger partial charge in [-0.1, -0.05) is 30.3 Å². The van der Waals surface area contributed by atoms with Crippen molar-refractivity contribution >= 4 is 34.5 Å². The lowest BCUT2D eigenvalue weighted by atomic mass is 10.2. The Hall–Kier alpha value is -5.39. The SMILES string of the molecule is COc1ccc(-c2nc3c4cc(OC)ccc4nc(N[C@@H]4CN(C(=O)OCc5ccccc5)CCNC4=O)n3n2)cc1. The molecule has 1 saturated heterocycles. The summed E-state index contributed by atoms with van der Waals surface area (Å²) in [6.07, 6.45) is -0.506. The normalized spacial score (nSPS) is 15.2. The van der Waals surface area contributed by atoms with Crippen LogP contribution in [0, 0.1) is 0 Å². The maximum atomic E-state index is 13.1. The number of benzene rings is 3. The summed E-state index contributed by atoms with van der Waals surface area (Å²) in [7, 11) is 3.20. The van der Waals surface area contributed by atoms with Crippen molar-refractivity contribution in [1.29, 1.82) is 0 Å². The van der Waals surface area contributed by atoms with E-state index in [9.17, 15) is 9.59 Å². The number of rotatable bonds is 7. The number of ether oxygens (including phenoxy) is 3. The highest BCUT2D eigenvalue weighted by molar-refractivity contribution is 5.94. The van der Waals surface area contributed by atoms with Crippen molar-refractivity contribution in [3.8, 4) is 22.9 Å². The average Bonchev–Trinajstić information content (AvgIpc) is 3.41. The largest absolute Gasteiger partial charge is 0.497 e. The molecule has 0 spiro atoms. The van der Waals surface area contributed by atoms with Crippen LogP contribution >= 0.6 is 0 Å². The zero-order valence-electron chi connectivity index (χ0n) is 23.1. The van der Waals surface area contributed by atoms with Crippen LogP contribution in [0.2, 0.25) is 0 Å². The van der Waals surface area contributed by atoms with Crippen molar-refractivity contribution in [2.24, 2.45) is 0 Å². The Labute approximate surface area is 241 Å². The van der Waals surface area contributed by atoms with Crippen molar-refractivity contribution in [2.45, 2.75) is 12.6 Å². The molecule has 0 radical (unpaired) electrons. The molecule has 1 aliphatic heterocycles. The quantitative estimate of drug-likeness (QED) is 0.303. The third kappa shape index (κ3) is 5.46. The van der Waals surface area contributed by atoms with Crippen molar-refractivity contribution in [1.82, 2.24) is 29.8 Å². The minimum atomic E-state index is -0.822. The van der Waals surface area contributed by atoms with E-state index in [2.05, 4.69) is 10.6 Å². The number of aromatic nitrogens is 4. The molecule has 2 N–H and O–H groups in total. The molecule has 6 rings (SSSR count). The number of methoxy groups -OCH3 is 2. The minimum absolute atomic E-state index is 0.0727. The maximum absolute atomic E-state index is 13.1. The zero-order valence-corrected chi connectivity index (χ0v) is 23.1. The number of carbonyl (C=O) groups is 2. The highest BCUT2D eigenvalue weighted by Crippen LogP contribution is 2.28. The number of hydrogen-bond acceptors (Lipinski definition) is 9. The van der Waals surface area contributed by atoms with E-state index in [0.29, 0.717) is 47.5 Å². The first-order chi connectivity index (χ1) is 20.5. The highest BCUT2D eigenvalue weighted by atomic mass is 16.6. The van der Waals surface area contributed by atoms with E-state index in [4.69, 9.17) is 29.3 Å². The molecule has 42 heavy (non-hydrogen) atoms. The molecule has 1 fully saturated rings. The molecule has 12 heteroatoms. The van der Waals surface area contributed by atoms with Crippen LogP contribution in [-0.2, 0) is 16.1 Å². The Balaban J connectivity index is 1.33. The van der Waals surface area contributed by atoms with Gasteiger partial charge in [0.2, 0.25) is 11.9 Å². The fraction of sp³-hybridized carbons (Fsp3) is 0.233. The third-order valence-corrected chi connectivity index (χ3v) is 6.99. The summed E-state index contributed by atoms with van der Waals surface area (Å²) in [5.41, 5.74) is 2.82. The predicted octanol–water partition coefficient (Wildman–Crippen LogP) is 3.51. The summed E-state index contributed by atoms with van der Waals surface area (Å²) < 4.78 is 17.8. The van der Waals surface area contributed by atoms with Crippen LogP contribution in [0.4, 0.5) is 10.7 Å². The van der Waals surface area contributed by atoms with Crippen molar-refractivity contribution in [2.75, 3.05) is 39.2 Å². The van der Waals surface area contributed by atoms with Gasteiger partial charge in [-0.25, -0.2) is 14.8 Å². The van der Waals surface area contributed by atoms with Crippen LogP contribution in [0.15, 0.2) is 72.8 Å². The van der Waals surface area contributed by atoms with E-state index in [1.807, 2.05) is 66.7 Å². The van der Waals surface area contributed by atoms with Crippen LogP contribution in [-0.4, -0.2) is 76.4 Å². The second kappa shape index (κ2) is 11.6. The van der Waals surface area contributed by atoms with E-state index < -0.39 is 12.1 Å². The second-order valence-electron chi connectivity index (χ2n) is 9.69. The molecule has 1 aliphatic rings. The van der Waals surface area contributed by atoms with Gasteiger partial charge in [0, 0.05) is 24.0 Å². The van der Waals surface area contributed by atoms with Gasteiger partial charge in [-0.3, -0.25) is 4.79 Å². The van der Waals surface area contributed by atoms with Crippen molar-refractivity contribution < 1.29 is 23.8 Å². The fourth-order valence-electron chi connectivity index (χ4n) is 4.75. The molecule has 3 aromatic carbocycles. The first-order valence-corrected chi connectivity index (χ1v) is 13.4. The summed E-state index contributed by atoms with van der Waals surface area (Å²) in [4.78, 5) is 37.1. The summed E-state index contributed by atoms with van der Waals surface area (Å²) in [6, 6.07) is 21.5. The van der Waals surface area contributed by atoms with Crippen LogP contribution in [0.1, 0.15) is 5.56 Å². The smallest absolute Gasteiger partial charge is 0.410 e. The number of anilines is 1. The molecule has 0 bridgehead atoms. The Morgan fingerprint density at radius 2 is 1.76 bits per heavy atom. The third-order valence-electron chi connectivity index (χ3n) is 6.99. The molecule has 3 heterocycles. The Kier molecular flexibility index (Phi) is 7.41. The summed E-state index contributed by atoms with van der Waals surface area (Å²) >= 11 is 0. The van der Waals surface area contributed by atoms with E-state index in [1.165, 1.54) is 4.90 Å². The monoisotopic (exact) mass is 567 g/mol. The standard InChI is InChI=1S/C30H29N7O5/c1-40-21-10-8-20(9-11-21)26-34-27-23-16-22(41-2)12-13-24(23)32-29(37(27)35-26)33-25-17-36(15-14-31-28(25)38)30(39)42-18-19-6-4-3-5-7-19/h3-13,16,25H,14-15,17-18H2,1-2H3,(H,31,38)(H,32,33)/t25-/m1/s1. The molecule has 214 valence electrons. The molecule has 12 nitrogen and oxygen atoms in total. The van der Waals surface area contributed by atoms with Crippen LogP contribution < -0.4 is 20.1 Å². The van der Waals surface area contributed by atoms with Gasteiger partial charge in [-0.15, -0.1) is 5.10 Å². The Bertz CT molecular complexity index is 1740. The van der Waals surface area contributed by atoms with E-state index in [0.717, 1.165) is 16.5 Å². The molecule has 5 aromatic rings. The molecule has 0 unspecified atom stereocenters. The van der Waals surface area contributed by atoms with Crippen LogP contribution in [0.3, 0.4) is 0 Å². The van der Waals surface area contributed by atoms with Gasteiger partial charge in [0.05, 0.1) is 26.3 Å². The minimum Gasteiger partial charge on any atom is -0.497 e. The highest BCUT2D eigenvalue weighted by Gasteiger charge is 2.30. The fourth-order valence-corrected chi connectivity index (χ4v) is 4.75. The average molecular weight is 568 g/mol. The van der Waals surface area contributed by atoms with Gasteiger partial charge < -0.3 is 29.7 Å². The van der Waals surface area contributed by atoms with Gasteiger partial charge in [0.25, 0.3) is 0 Å². The van der Waals surface area contributed by atoms with Gasteiger partial charge in [0.1, 0.15) is 24.1 Å². The Morgan fingerprint density at radius 1 is 1.00 bits per heavy atom. The molecular weight excluding hydrogens is 538 g/mol. The molecule has 2 amide bonds. The molecule has 1 atom stereocenters. The van der Waals surface area contributed by atoms with Crippen molar-refractivity contribution in [3.05, 3.63) is 78.4 Å². The van der Waals surface area contributed by atoms with Gasteiger partial charge in [-0.05, 0) is 48.0 Å². The Morgan fingerprint density at radius 3 is 2.52 bits per heavy atom. The second-order valence-corrected chi connectivity index (χ2v) is 9.69. The number of nitrogens with zero attached hydrogens (tertiary/aromatic N) is 5. The molecular formula is C30H29N7O5. The number of amides is 2. The van der Waals surface area contributed by atoms with Gasteiger partial charge in [0.15, 0.2) is 11.5 Å². The topological polar surface area (TPSA) is 132 Å². The number of fused-ring (bicyclic) bond motifs is 3. The zero-order chi connectivity index (χ0) is 29.1. The molecule has 2 aromatic heterocycles. The lowest BCUT2D eigenvalue weighted by Gasteiger charge is -2.23. The maximum Gasteiger partial charge on any atom is 0.410 e. The summed E-state index contributed by atoms with van der Waals surface area (Å²) in [5, 5.41) is 11.5. The summed E-state index contributed by atoms with van der Waals surface area (Å²) in [6.45, 7) is 0.813. The summed E-state index contributed by atoms with van der Waals surface area (Å²) in [5.74, 6) is 1.86. The van der Waals surface area contributed by atoms with E-state index >= 15 is 0 Å². The first kappa shape index (κ1) is 26.8. The van der Waals surface area contributed by atoms with E-state index in [1.54, 1.807) is 24.8 Å². The van der Waals surface area contributed by atoms with Crippen LogP contribution in [0.25, 0.3) is 27.9 Å². The number of nitrogens with one attached hydrogen (secondary N) is 2. The lowest BCUT2D eigenvalue weighted by Crippen LogP contribution is -2.44. The molecule has 0 aliphatic carbocycles. The van der Waals surface area contributed by atoms with Gasteiger partial charge >= 0.3 is 6.09 Å². The van der Waals surface area contributed by atoms with Gasteiger partial charge in [-0.2, -0.15) is 4.52 Å². The number of hydrogen-bond donors (Lipinski definition) is 2. The van der Waals surface area contributed by atoms with E-state index in [-0.39, 0.29) is 19.1 Å². The van der Waals surface area contributed by atoms with Crippen molar-refractivity contribution in [3.63, 3.8) is 0 Å². The predicted molar refractivity (Wildman–Crippen MR) is 155 cm³/mol. The lowest BCUT2D eigenvalue weighted by molar-refractivity contribution is -0.121. The first-order valence-electron chi connectivity index (χ1n) is 13.4. The number of carbonyl (C=O) groups excluding carboxylic acids is 2.